The first-order valence-corrected chi connectivity index (χ1v) is 9.27. The van der Waals surface area contributed by atoms with Gasteiger partial charge >= 0.3 is 6.18 Å². The number of anilines is 2. The van der Waals surface area contributed by atoms with Crippen molar-refractivity contribution in [1.29, 1.82) is 0 Å². The number of halogens is 3. The molecule has 2 saturated heterocycles. The Hall–Kier alpha value is -1.76. The van der Waals surface area contributed by atoms with E-state index in [1.165, 1.54) is 6.07 Å². The maximum absolute atomic E-state index is 13.1. The maximum Gasteiger partial charge on any atom is 0.416 e. The van der Waals surface area contributed by atoms with Crippen molar-refractivity contribution in [3.8, 4) is 0 Å². The molecular weight excluding hydrogens is 345 g/mol. The van der Waals surface area contributed by atoms with Crippen molar-refractivity contribution in [2.24, 2.45) is 5.92 Å². The second-order valence-electron chi connectivity index (χ2n) is 7.11. The number of carbonyl (C=O) groups is 1. The number of nitrogens with zero attached hydrogens (tertiary/aromatic N) is 1. The molecule has 1 aromatic carbocycles. The van der Waals surface area contributed by atoms with Gasteiger partial charge in [0.15, 0.2) is 0 Å². The summed E-state index contributed by atoms with van der Waals surface area (Å²) in [6, 6.07) is 3.63. The van der Waals surface area contributed by atoms with Gasteiger partial charge in [0.25, 0.3) is 0 Å². The van der Waals surface area contributed by atoms with Gasteiger partial charge in [-0.15, -0.1) is 0 Å². The van der Waals surface area contributed by atoms with Crippen LogP contribution in [0.15, 0.2) is 18.2 Å². The predicted molar refractivity (Wildman–Crippen MR) is 94.3 cm³/mol. The van der Waals surface area contributed by atoms with Crippen LogP contribution in [0.25, 0.3) is 0 Å². The highest BCUT2D eigenvalue weighted by molar-refractivity contribution is 5.94. The third-order valence-electron chi connectivity index (χ3n) is 5.02. The molecule has 7 heteroatoms. The van der Waals surface area contributed by atoms with Crippen molar-refractivity contribution in [1.82, 2.24) is 0 Å². The highest BCUT2D eigenvalue weighted by Gasteiger charge is 2.32. The number of benzene rings is 1. The third kappa shape index (κ3) is 4.90. The molecule has 1 aromatic rings. The number of rotatable bonds is 4. The Bertz CT molecular complexity index is 622. The number of nitrogens with one attached hydrogen (secondary N) is 1. The topological polar surface area (TPSA) is 41.6 Å². The largest absolute Gasteiger partial charge is 0.416 e. The average molecular weight is 370 g/mol. The lowest BCUT2D eigenvalue weighted by Gasteiger charge is -2.31. The minimum Gasteiger partial charge on any atom is -0.381 e. The van der Waals surface area contributed by atoms with E-state index in [4.69, 9.17) is 4.74 Å². The van der Waals surface area contributed by atoms with E-state index in [9.17, 15) is 18.0 Å². The Labute approximate surface area is 151 Å². The highest BCUT2D eigenvalue weighted by atomic mass is 19.4. The van der Waals surface area contributed by atoms with Crippen LogP contribution in [0.5, 0.6) is 0 Å². The second kappa shape index (κ2) is 8.29. The molecule has 144 valence electrons. The molecule has 1 amide bonds. The lowest BCUT2D eigenvalue weighted by atomic mass is 9.98. The first-order valence-electron chi connectivity index (χ1n) is 9.27. The van der Waals surface area contributed by atoms with E-state index in [0.29, 0.717) is 18.9 Å². The van der Waals surface area contributed by atoms with E-state index in [2.05, 4.69) is 10.2 Å². The standard InChI is InChI=1S/C19H25F3N2O2/c20-19(21,22)15-6-7-17(24-8-2-1-3-9-24)16(12-15)23-18(25)11-14-5-4-10-26-13-14/h6-7,12,14H,1-5,8-11,13H2,(H,23,25). The third-order valence-corrected chi connectivity index (χ3v) is 5.02. The van der Waals surface area contributed by atoms with Crippen LogP contribution < -0.4 is 10.2 Å². The molecule has 3 rings (SSSR count). The van der Waals surface area contributed by atoms with Gasteiger partial charge in [-0.05, 0) is 56.2 Å². The molecule has 2 heterocycles. The van der Waals surface area contributed by atoms with E-state index >= 15 is 0 Å². The van der Waals surface area contributed by atoms with Crippen LogP contribution in [0, 0.1) is 5.92 Å². The van der Waals surface area contributed by atoms with Crippen LogP contribution in [-0.2, 0) is 15.7 Å². The summed E-state index contributed by atoms with van der Waals surface area (Å²) < 4.78 is 44.7. The number of ether oxygens (including phenoxy) is 1. The van der Waals surface area contributed by atoms with Crippen LogP contribution in [-0.4, -0.2) is 32.2 Å². The second-order valence-corrected chi connectivity index (χ2v) is 7.11. The fraction of sp³-hybridized carbons (Fsp3) is 0.632. The van der Waals surface area contributed by atoms with Crippen LogP contribution in [0.1, 0.15) is 44.1 Å². The summed E-state index contributed by atoms with van der Waals surface area (Å²) in [5.41, 5.74) is 0.184. The molecule has 0 spiro atoms. The fourth-order valence-corrected chi connectivity index (χ4v) is 3.65. The molecular formula is C19H25F3N2O2. The number of alkyl halides is 3. The van der Waals surface area contributed by atoms with E-state index in [1.54, 1.807) is 0 Å². The van der Waals surface area contributed by atoms with Crippen LogP contribution in [0.2, 0.25) is 0 Å². The van der Waals surface area contributed by atoms with E-state index in [0.717, 1.165) is 57.3 Å². The normalized spacial score (nSPS) is 21.5. The van der Waals surface area contributed by atoms with Crippen LogP contribution in [0.4, 0.5) is 24.5 Å². The van der Waals surface area contributed by atoms with Gasteiger partial charge in [-0.2, -0.15) is 13.2 Å². The lowest BCUT2D eigenvalue weighted by molar-refractivity contribution is -0.137. The van der Waals surface area contributed by atoms with Gasteiger partial charge in [-0.25, -0.2) is 0 Å². The monoisotopic (exact) mass is 370 g/mol. The van der Waals surface area contributed by atoms with Crippen molar-refractivity contribution in [3.63, 3.8) is 0 Å². The zero-order valence-corrected chi connectivity index (χ0v) is 14.8. The van der Waals surface area contributed by atoms with Crippen molar-refractivity contribution in [2.75, 3.05) is 36.5 Å². The number of piperidine rings is 1. The highest BCUT2D eigenvalue weighted by Crippen LogP contribution is 2.36. The van der Waals surface area contributed by atoms with Gasteiger partial charge in [-0.3, -0.25) is 4.79 Å². The van der Waals surface area contributed by atoms with Gasteiger partial charge < -0.3 is 15.0 Å². The summed E-state index contributed by atoms with van der Waals surface area (Å²) in [4.78, 5) is 14.5. The summed E-state index contributed by atoms with van der Waals surface area (Å²) in [6.45, 7) is 2.84. The maximum atomic E-state index is 13.1. The minimum absolute atomic E-state index is 0.132. The quantitative estimate of drug-likeness (QED) is 0.851. The summed E-state index contributed by atoms with van der Waals surface area (Å²) in [5.74, 6) is -0.119. The molecule has 4 nitrogen and oxygen atoms in total. The average Bonchev–Trinajstić information content (AvgIpc) is 2.62. The SMILES string of the molecule is O=C(CC1CCCOC1)Nc1cc(C(F)(F)F)ccc1N1CCCCC1. The summed E-state index contributed by atoms with van der Waals surface area (Å²) in [7, 11) is 0. The molecule has 0 aromatic heterocycles. The molecule has 26 heavy (non-hydrogen) atoms. The number of amides is 1. The fourth-order valence-electron chi connectivity index (χ4n) is 3.65. The Morgan fingerprint density at radius 3 is 2.62 bits per heavy atom. The Balaban J connectivity index is 1.78. The lowest BCUT2D eigenvalue weighted by Crippen LogP contribution is -2.31. The van der Waals surface area contributed by atoms with Crippen molar-refractivity contribution in [3.05, 3.63) is 23.8 Å². The molecule has 2 aliphatic rings. The molecule has 2 aliphatic heterocycles. The van der Waals surface area contributed by atoms with Gasteiger partial charge in [0, 0.05) is 32.7 Å². The summed E-state index contributed by atoms with van der Waals surface area (Å²) in [5, 5.41) is 2.73. The van der Waals surface area contributed by atoms with Crippen molar-refractivity contribution < 1.29 is 22.7 Å². The Morgan fingerprint density at radius 2 is 1.96 bits per heavy atom. The molecule has 1 atom stereocenters. The van der Waals surface area contributed by atoms with E-state index in [-0.39, 0.29) is 23.9 Å². The molecule has 0 bridgehead atoms. The Morgan fingerprint density at radius 1 is 1.19 bits per heavy atom. The zero-order chi connectivity index (χ0) is 18.6. The first kappa shape index (κ1) is 19.0. The number of hydrogen-bond donors (Lipinski definition) is 1. The molecule has 0 radical (unpaired) electrons. The van der Waals surface area contributed by atoms with E-state index < -0.39 is 11.7 Å². The molecule has 0 aliphatic carbocycles. The molecule has 1 N–H and O–H groups in total. The number of carbonyl (C=O) groups excluding carboxylic acids is 1. The van der Waals surface area contributed by atoms with Gasteiger partial charge in [0.05, 0.1) is 16.9 Å². The first-order chi connectivity index (χ1) is 12.4. The Kier molecular flexibility index (Phi) is 6.06. The molecule has 0 saturated carbocycles. The minimum atomic E-state index is -4.43. The smallest absolute Gasteiger partial charge is 0.381 e. The molecule has 1 unspecified atom stereocenters. The van der Waals surface area contributed by atoms with Crippen molar-refractivity contribution in [2.45, 2.75) is 44.7 Å². The van der Waals surface area contributed by atoms with Gasteiger partial charge in [0.2, 0.25) is 5.91 Å². The predicted octanol–water partition coefficient (Wildman–Crippen LogP) is 4.45. The number of hydrogen-bond acceptors (Lipinski definition) is 3. The van der Waals surface area contributed by atoms with Crippen LogP contribution in [0.3, 0.4) is 0 Å². The van der Waals surface area contributed by atoms with Gasteiger partial charge in [0.1, 0.15) is 0 Å². The van der Waals surface area contributed by atoms with E-state index in [1.807, 2.05) is 0 Å². The summed E-state index contributed by atoms with van der Waals surface area (Å²) in [6.07, 6.45) is 0.810. The summed E-state index contributed by atoms with van der Waals surface area (Å²) >= 11 is 0. The molecule has 2 fully saturated rings. The van der Waals surface area contributed by atoms with Crippen LogP contribution >= 0.6 is 0 Å². The van der Waals surface area contributed by atoms with Gasteiger partial charge in [-0.1, -0.05) is 0 Å². The zero-order valence-electron chi connectivity index (χ0n) is 14.8. The van der Waals surface area contributed by atoms with Crippen molar-refractivity contribution >= 4 is 17.3 Å².